The Morgan fingerprint density at radius 3 is 2.14 bits per heavy atom. The normalized spacial score (nSPS) is 16.2. The van der Waals surface area contributed by atoms with E-state index in [1.54, 1.807) is 0 Å². The van der Waals surface area contributed by atoms with Crippen molar-refractivity contribution in [2.75, 3.05) is 0 Å². The number of Topliss-reactive ketones (excluding diaryl/α,β-unsaturated/α-hetero) is 1. The molecular weight excluding hydrogens is 454 g/mol. The number of fused-ring (bicyclic) bond motifs is 1. The van der Waals surface area contributed by atoms with Crippen LogP contribution >= 0.6 is 0 Å². The minimum absolute atomic E-state index is 0.00401. The van der Waals surface area contributed by atoms with E-state index in [-0.39, 0.29) is 12.3 Å². The number of aryl methyl sites for hydroxylation is 5. The van der Waals surface area contributed by atoms with Crippen LogP contribution in [0, 0.1) is 20.8 Å². The highest BCUT2D eigenvalue weighted by Gasteiger charge is 2.40. The molecule has 0 spiro atoms. The lowest BCUT2D eigenvalue weighted by Gasteiger charge is -2.36. The predicted molar refractivity (Wildman–Crippen MR) is 141 cm³/mol. The maximum atomic E-state index is 14.0. The fraction of sp³-hybridized carbons (Fsp3) is 0.367. The summed E-state index contributed by atoms with van der Waals surface area (Å²) in [5.74, 6) is -0.00401. The molecule has 1 aliphatic heterocycles. The van der Waals surface area contributed by atoms with Crippen LogP contribution in [-0.2, 0) is 40.6 Å². The highest BCUT2D eigenvalue weighted by atomic mass is 32.2. The molecule has 1 atom stereocenters. The molecule has 35 heavy (non-hydrogen) atoms. The Hall–Kier alpha value is -2.76. The first-order valence-corrected chi connectivity index (χ1v) is 13.9. The van der Waals surface area contributed by atoms with Crippen molar-refractivity contribution in [3.8, 4) is 0 Å². The van der Waals surface area contributed by atoms with Crippen LogP contribution in [0.1, 0.15) is 58.7 Å². The number of carbonyl (C=O) groups is 1. The van der Waals surface area contributed by atoms with E-state index < -0.39 is 16.1 Å². The summed E-state index contributed by atoms with van der Waals surface area (Å²) in [6, 6.07) is 19.5. The second-order valence-corrected chi connectivity index (χ2v) is 11.6. The third kappa shape index (κ3) is 5.41. The van der Waals surface area contributed by atoms with Crippen molar-refractivity contribution < 1.29 is 13.2 Å². The number of rotatable bonds is 8. The zero-order valence-electron chi connectivity index (χ0n) is 21.2. The van der Waals surface area contributed by atoms with Crippen LogP contribution in [0.5, 0.6) is 0 Å². The summed E-state index contributed by atoms with van der Waals surface area (Å²) in [6.45, 7) is 8.00. The summed E-state index contributed by atoms with van der Waals surface area (Å²) >= 11 is 0. The number of carbonyl (C=O) groups excluding carboxylic acids is 1. The summed E-state index contributed by atoms with van der Waals surface area (Å²) in [7, 11) is -3.85. The summed E-state index contributed by atoms with van der Waals surface area (Å²) in [4.78, 5) is 13.8. The molecule has 0 saturated heterocycles. The van der Waals surface area contributed by atoms with Crippen LogP contribution in [0.3, 0.4) is 0 Å². The molecule has 0 aliphatic carbocycles. The lowest BCUT2D eigenvalue weighted by atomic mass is 9.91. The number of sulfonamides is 1. The molecule has 3 aromatic rings. The molecule has 0 fully saturated rings. The number of nitrogens with zero attached hydrogens (tertiary/aromatic N) is 1. The van der Waals surface area contributed by atoms with Gasteiger partial charge in [0.05, 0.1) is 10.9 Å². The van der Waals surface area contributed by atoms with E-state index in [1.807, 2.05) is 57.2 Å². The molecular formula is C30H35NO3S. The second-order valence-electron chi connectivity index (χ2n) is 9.76. The average molecular weight is 490 g/mol. The Morgan fingerprint density at radius 2 is 1.51 bits per heavy atom. The quantitative estimate of drug-likeness (QED) is 0.397. The molecule has 3 aromatic carbocycles. The van der Waals surface area contributed by atoms with Gasteiger partial charge < -0.3 is 0 Å². The zero-order valence-corrected chi connectivity index (χ0v) is 22.0. The van der Waals surface area contributed by atoms with Crippen LogP contribution in [-0.4, -0.2) is 24.5 Å². The van der Waals surface area contributed by atoms with Crippen molar-refractivity contribution in [3.63, 3.8) is 0 Å². The SMILES string of the molecule is CCc1ccc(CCCC(=O)C2Cc3ccccc3CN2S(=O)(=O)c2c(C)cc(C)cc2C)cc1. The lowest BCUT2D eigenvalue weighted by molar-refractivity contribution is -0.123. The fourth-order valence-electron chi connectivity index (χ4n) is 5.29. The molecule has 0 radical (unpaired) electrons. The second kappa shape index (κ2) is 10.5. The smallest absolute Gasteiger partial charge is 0.244 e. The average Bonchev–Trinajstić information content (AvgIpc) is 2.82. The topological polar surface area (TPSA) is 54.5 Å². The zero-order chi connectivity index (χ0) is 25.2. The van der Waals surface area contributed by atoms with Gasteiger partial charge in [0.2, 0.25) is 10.0 Å². The van der Waals surface area contributed by atoms with Crippen molar-refractivity contribution in [2.45, 2.75) is 77.3 Å². The van der Waals surface area contributed by atoms with Crippen molar-refractivity contribution in [2.24, 2.45) is 0 Å². The number of hydrogen-bond donors (Lipinski definition) is 0. The van der Waals surface area contributed by atoms with Gasteiger partial charge in [-0.2, -0.15) is 4.31 Å². The predicted octanol–water partition coefficient (Wildman–Crippen LogP) is 5.88. The number of ketones is 1. The van der Waals surface area contributed by atoms with Crippen LogP contribution < -0.4 is 0 Å². The third-order valence-corrected chi connectivity index (χ3v) is 9.23. The maximum Gasteiger partial charge on any atom is 0.244 e. The van der Waals surface area contributed by atoms with Crippen LogP contribution in [0.15, 0.2) is 65.6 Å². The van der Waals surface area contributed by atoms with Crippen molar-refractivity contribution in [1.29, 1.82) is 0 Å². The lowest BCUT2D eigenvalue weighted by Crippen LogP contribution is -2.48. The largest absolute Gasteiger partial charge is 0.298 e. The first-order chi connectivity index (χ1) is 16.7. The van der Waals surface area contributed by atoms with Crippen molar-refractivity contribution >= 4 is 15.8 Å². The Labute approximate surface area is 210 Å². The van der Waals surface area contributed by atoms with Gasteiger partial charge >= 0.3 is 0 Å². The molecule has 5 heteroatoms. The number of benzene rings is 3. The number of hydrogen-bond acceptors (Lipinski definition) is 3. The first-order valence-electron chi connectivity index (χ1n) is 12.5. The molecule has 1 aliphatic rings. The summed E-state index contributed by atoms with van der Waals surface area (Å²) in [5, 5.41) is 0. The molecule has 184 valence electrons. The summed E-state index contributed by atoms with van der Waals surface area (Å²) in [6.07, 6.45) is 3.30. The molecule has 0 N–H and O–H groups in total. The molecule has 4 rings (SSSR count). The molecule has 0 bridgehead atoms. The Balaban J connectivity index is 1.60. The maximum absolute atomic E-state index is 14.0. The van der Waals surface area contributed by atoms with Gasteiger partial charge in [-0.1, -0.05) is 73.2 Å². The summed E-state index contributed by atoms with van der Waals surface area (Å²) in [5.41, 5.74) is 7.02. The van der Waals surface area contributed by atoms with E-state index in [0.717, 1.165) is 40.7 Å². The monoisotopic (exact) mass is 489 g/mol. The minimum Gasteiger partial charge on any atom is -0.298 e. The van der Waals surface area contributed by atoms with Gasteiger partial charge in [0.1, 0.15) is 0 Å². The van der Waals surface area contributed by atoms with E-state index in [1.165, 1.54) is 15.4 Å². The van der Waals surface area contributed by atoms with Gasteiger partial charge in [-0.05, 0) is 79.8 Å². The van der Waals surface area contributed by atoms with E-state index >= 15 is 0 Å². The molecule has 4 nitrogen and oxygen atoms in total. The van der Waals surface area contributed by atoms with E-state index in [9.17, 15) is 13.2 Å². The van der Waals surface area contributed by atoms with Crippen LogP contribution in [0.2, 0.25) is 0 Å². The van der Waals surface area contributed by atoms with Crippen molar-refractivity contribution in [1.82, 2.24) is 4.31 Å². The Kier molecular flexibility index (Phi) is 7.58. The van der Waals surface area contributed by atoms with Gasteiger partial charge in [-0.3, -0.25) is 4.79 Å². The van der Waals surface area contributed by atoms with Crippen molar-refractivity contribution in [3.05, 3.63) is 99.6 Å². The molecule has 1 unspecified atom stereocenters. The highest BCUT2D eigenvalue weighted by Crippen LogP contribution is 2.33. The van der Waals surface area contributed by atoms with Gasteiger partial charge in [0.15, 0.2) is 5.78 Å². The van der Waals surface area contributed by atoms with E-state index in [2.05, 4.69) is 31.2 Å². The van der Waals surface area contributed by atoms with Crippen LogP contribution in [0.25, 0.3) is 0 Å². The van der Waals surface area contributed by atoms with Gasteiger partial charge in [-0.15, -0.1) is 0 Å². The fourth-order valence-corrected chi connectivity index (χ4v) is 7.29. The minimum atomic E-state index is -3.85. The third-order valence-electron chi connectivity index (χ3n) is 7.07. The Morgan fingerprint density at radius 1 is 0.914 bits per heavy atom. The molecule has 0 aromatic heterocycles. The van der Waals surface area contributed by atoms with Gasteiger partial charge in [0.25, 0.3) is 0 Å². The Bertz CT molecular complexity index is 1300. The van der Waals surface area contributed by atoms with E-state index in [4.69, 9.17) is 0 Å². The standard InChI is InChI=1S/C30H35NO3S/c1-5-24-13-15-25(16-14-24)9-8-12-29(32)28-19-26-10-6-7-11-27(26)20-31(28)35(33,34)30-22(3)17-21(2)18-23(30)4/h6-7,10-11,13-18,28H,5,8-9,12,19-20H2,1-4H3. The summed E-state index contributed by atoms with van der Waals surface area (Å²) < 4.78 is 29.4. The van der Waals surface area contributed by atoms with Gasteiger partial charge in [0, 0.05) is 13.0 Å². The molecule has 1 heterocycles. The first kappa shape index (κ1) is 25.3. The molecule has 0 saturated carbocycles. The van der Waals surface area contributed by atoms with Gasteiger partial charge in [-0.25, -0.2) is 8.42 Å². The van der Waals surface area contributed by atoms with Crippen LogP contribution in [0.4, 0.5) is 0 Å². The highest BCUT2D eigenvalue weighted by molar-refractivity contribution is 7.89. The molecule has 0 amide bonds. The van der Waals surface area contributed by atoms with E-state index in [0.29, 0.717) is 24.2 Å².